The van der Waals surface area contributed by atoms with Crippen LogP contribution in [0.2, 0.25) is 0 Å². The van der Waals surface area contributed by atoms with Gasteiger partial charge in [0.25, 0.3) is 0 Å². The molecule has 0 bridgehead atoms. The predicted molar refractivity (Wildman–Crippen MR) is 82.1 cm³/mol. The van der Waals surface area contributed by atoms with Crippen LogP contribution in [0.15, 0.2) is 18.2 Å². The maximum atomic E-state index is 13.8. The zero-order chi connectivity index (χ0) is 15.3. The summed E-state index contributed by atoms with van der Waals surface area (Å²) in [6.07, 6.45) is 4.92. The number of ether oxygens (including phenoxy) is 1. The van der Waals surface area contributed by atoms with Crippen LogP contribution in [0.25, 0.3) is 0 Å². The molecular formula is C17H26FNO2. The largest absolute Gasteiger partial charge is 0.491 e. The van der Waals surface area contributed by atoms with Crippen LogP contribution in [-0.2, 0) is 0 Å². The lowest BCUT2D eigenvalue weighted by atomic mass is 9.91. The predicted octanol–water partition coefficient (Wildman–Crippen LogP) is 3.19. The minimum atomic E-state index is -0.280. The molecule has 0 aliphatic heterocycles. The Labute approximate surface area is 126 Å². The Kier molecular flexibility index (Phi) is 5.59. The smallest absolute Gasteiger partial charge is 0.167 e. The van der Waals surface area contributed by atoms with Crippen molar-refractivity contribution >= 4 is 0 Å². The van der Waals surface area contributed by atoms with Gasteiger partial charge in [0, 0.05) is 11.6 Å². The van der Waals surface area contributed by atoms with Crippen LogP contribution in [0, 0.1) is 12.7 Å². The van der Waals surface area contributed by atoms with E-state index in [9.17, 15) is 9.50 Å². The molecule has 0 saturated heterocycles. The van der Waals surface area contributed by atoms with E-state index in [1.54, 1.807) is 25.1 Å². The molecule has 0 aromatic heterocycles. The van der Waals surface area contributed by atoms with E-state index < -0.39 is 0 Å². The first-order chi connectivity index (χ1) is 10.1. The van der Waals surface area contributed by atoms with Gasteiger partial charge in [0.05, 0.1) is 13.2 Å². The summed E-state index contributed by atoms with van der Waals surface area (Å²) in [5.41, 5.74) is 0.386. The summed E-state index contributed by atoms with van der Waals surface area (Å²) in [6, 6.07) is 5.75. The topological polar surface area (TPSA) is 41.5 Å². The number of aliphatic hydroxyl groups is 1. The van der Waals surface area contributed by atoms with Gasteiger partial charge in [-0.3, -0.25) is 0 Å². The molecule has 1 fully saturated rings. The van der Waals surface area contributed by atoms with Crippen molar-refractivity contribution in [1.82, 2.24) is 5.32 Å². The third-order valence-electron chi connectivity index (χ3n) is 4.28. The standard InChI is InChI=1S/C17H26FNO2/c1-3-17(12-20,19-14-8-9-14)10-5-11-21-15-7-4-6-13(2)16(15)18/h4,6-7,14,19-20H,3,5,8-12H2,1-2H3. The molecule has 2 rings (SSSR count). The number of aryl methyl sites for hydroxylation is 1. The van der Waals surface area contributed by atoms with E-state index >= 15 is 0 Å². The fourth-order valence-electron chi connectivity index (χ4n) is 2.57. The third kappa shape index (κ3) is 4.42. The summed E-state index contributed by atoms with van der Waals surface area (Å²) in [5, 5.41) is 13.2. The minimum absolute atomic E-state index is 0.138. The van der Waals surface area contributed by atoms with Crippen molar-refractivity contribution in [3.63, 3.8) is 0 Å². The van der Waals surface area contributed by atoms with Crippen LogP contribution in [0.3, 0.4) is 0 Å². The van der Waals surface area contributed by atoms with Gasteiger partial charge in [0.2, 0.25) is 0 Å². The number of halogens is 1. The highest BCUT2D eigenvalue weighted by atomic mass is 19.1. The molecule has 3 nitrogen and oxygen atoms in total. The number of aliphatic hydroxyl groups excluding tert-OH is 1. The first kappa shape index (κ1) is 16.2. The summed E-state index contributed by atoms with van der Waals surface area (Å²) in [5.74, 6) is 0.0359. The number of rotatable bonds is 9. The summed E-state index contributed by atoms with van der Waals surface area (Å²) in [6.45, 7) is 4.43. The first-order valence-electron chi connectivity index (χ1n) is 7.86. The second-order valence-corrected chi connectivity index (χ2v) is 6.05. The lowest BCUT2D eigenvalue weighted by Crippen LogP contribution is -2.49. The Morgan fingerprint density at radius 2 is 2.19 bits per heavy atom. The van der Waals surface area contributed by atoms with Gasteiger partial charge < -0.3 is 15.2 Å². The number of hydrogen-bond donors (Lipinski definition) is 2. The molecule has 21 heavy (non-hydrogen) atoms. The van der Waals surface area contributed by atoms with Crippen molar-refractivity contribution in [1.29, 1.82) is 0 Å². The third-order valence-corrected chi connectivity index (χ3v) is 4.28. The lowest BCUT2D eigenvalue weighted by Gasteiger charge is -2.32. The van der Waals surface area contributed by atoms with E-state index in [0.717, 1.165) is 19.3 Å². The molecule has 1 aliphatic carbocycles. The van der Waals surface area contributed by atoms with Crippen molar-refractivity contribution in [3.8, 4) is 5.75 Å². The SMILES string of the molecule is CCC(CO)(CCCOc1cccc(C)c1F)NC1CC1. The summed E-state index contributed by atoms with van der Waals surface area (Å²) < 4.78 is 19.3. The molecule has 0 heterocycles. The van der Waals surface area contributed by atoms with Gasteiger partial charge in [-0.25, -0.2) is 4.39 Å². The van der Waals surface area contributed by atoms with Gasteiger partial charge in [0.15, 0.2) is 11.6 Å². The van der Waals surface area contributed by atoms with Crippen molar-refractivity contribution in [3.05, 3.63) is 29.6 Å². The summed E-state index contributed by atoms with van der Waals surface area (Å²) >= 11 is 0. The quantitative estimate of drug-likeness (QED) is 0.688. The fourth-order valence-corrected chi connectivity index (χ4v) is 2.57. The second kappa shape index (κ2) is 7.23. The molecule has 1 saturated carbocycles. The second-order valence-electron chi connectivity index (χ2n) is 6.05. The van der Waals surface area contributed by atoms with Crippen molar-refractivity contribution < 1.29 is 14.2 Å². The highest BCUT2D eigenvalue weighted by molar-refractivity contribution is 5.29. The number of nitrogens with one attached hydrogen (secondary N) is 1. The Balaban J connectivity index is 1.80. The Bertz CT molecular complexity index is 456. The molecule has 0 spiro atoms. The minimum Gasteiger partial charge on any atom is -0.491 e. The average Bonchev–Trinajstić information content (AvgIpc) is 3.30. The maximum Gasteiger partial charge on any atom is 0.167 e. The Morgan fingerprint density at radius 1 is 1.43 bits per heavy atom. The van der Waals surface area contributed by atoms with Crippen molar-refractivity contribution in [2.45, 2.75) is 57.5 Å². The van der Waals surface area contributed by atoms with Gasteiger partial charge >= 0.3 is 0 Å². The first-order valence-corrected chi connectivity index (χ1v) is 7.86. The van der Waals surface area contributed by atoms with Crippen LogP contribution in [-0.4, -0.2) is 29.9 Å². The molecular weight excluding hydrogens is 269 g/mol. The van der Waals surface area contributed by atoms with Crippen LogP contribution >= 0.6 is 0 Å². The van der Waals surface area contributed by atoms with Gasteiger partial charge in [-0.2, -0.15) is 0 Å². The molecule has 1 aromatic rings. The van der Waals surface area contributed by atoms with Crippen molar-refractivity contribution in [2.24, 2.45) is 0 Å². The molecule has 4 heteroatoms. The van der Waals surface area contributed by atoms with Gasteiger partial charge in [0.1, 0.15) is 0 Å². The summed E-state index contributed by atoms with van der Waals surface area (Å²) in [4.78, 5) is 0. The van der Waals surface area contributed by atoms with Crippen LogP contribution in [0.1, 0.15) is 44.6 Å². The van der Waals surface area contributed by atoms with Gasteiger partial charge in [-0.1, -0.05) is 19.1 Å². The van der Waals surface area contributed by atoms with E-state index in [0.29, 0.717) is 24.0 Å². The monoisotopic (exact) mass is 295 g/mol. The Morgan fingerprint density at radius 3 is 2.81 bits per heavy atom. The van der Waals surface area contributed by atoms with E-state index in [1.807, 2.05) is 0 Å². The summed E-state index contributed by atoms with van der Waals surface area (Å²) in [7, 11) is 0. The molecule has 1 aromatic carbocycles. The van der Waals surface area contributed by atoms with E-state index in [1.165, 1.54) is 12.8 Å². The zero-order valence-electron chi connectivity index (χ0n) is 13.0. The molecule has 1 unspecified atom stereocenters. The molecule has 118 valence electrons. The highest BCUT2D eigenvalue weighted by Crippen LogP contribution is 2.27. The molecule has 2 N–H and O–H groups in total. The average molecular weight is 295 g/mol. The van der Waals surface area contributed by atoms with E-state index in [2.05, 4.69) is 12.2 Å². The molecule has 0 amide bonds. The highest BCUT2D eigenvalue weighted by Gasteiger charge is 2.33. The zero-order valence-corrected chi connectivity index (χ0v) is 13.0. The van der Waals surface area contributed by atoms with Crippen LogP contribution in [0.4, 0.5) is 4.39 Å². The molecule has 1 aliphatic rings. The normalized spacial score (nSPS) is 17.5. The number of benzene rings is 1. The number of hydrogen-bond acceptors (Lipinski definition) is 3. The maximum absolute atomic E-state index is 13.8. The van der Waals surface area contributed by atoms with Gasteiger partial charge in [-0.05, 0) is 50.7 Å². The Hall–Kier alpha value is -1.13. The fraction of sp³-hybridized carbons (Fsp3) is 0.647. The van der Waals surface area contributed by atoms with E-state index in [4.69, 9.17) is 4.74 Å². The van der Waals surface area contributed by atoms with Crippen molar-refractivity contribution in [2.75, 3.05) is 13.2 Å². The van der Waals surface area contributed by atoms with Gasteiger partial charge in [-0.15, -0.1) is 0 Å². The van der Waals surface area contributed by atoms with Crippen LogP contribution in [0.5, 0.6) is 5.75 Å². The molecule has 0 radical (unpaired) electrons. The molecule has 1 atom stereocenters. The van der Waals surface area contributed by atoms with Crippen LogP contribution < -0.4 is 10.1 Å². The lowest BCUT2D eigenvalue weighted by molar-refractivity contribution is 0.135. The van der Waals surface area contributed by atoms with E-state index in [-0.39, 0.29) is 18.0 Å².